The van der Waals surface area contributed by atoms with Gasteiger partial charge in [0.05, 0.1) is 31.9 Å². The van der Waals surface area contributed by atoms with Gasteiger partial charge in [0.2, 0.25) is 11.8 Å². The van der Waals surface area contributed by atoms with Gasteiger partial charge < -0.3 is 25.0 Å². The van der Waals surface area contributed by atoms with Gasteiger partial charge >= 0.3 is 0 Å². The molecule has 3 amide bonds. The van der Waals surface area contributed by atoms with Crippen LogP contribution in [0.1, 0.15) is 6.42 Å². The third-order valence-electron chi connectivity index (χ3n) is 3.88. The Morgan fingerprint density at radius 1 is 1.25 bits per heavy atom. The summed E-state index contributed by atoms with van der Waals surface area (Å²) in [6.07, 6.45) is -1.05. The first-order chi connectivity index (χ1) is 11.6. The van der Waals surface area contributed by atoms with E-state index in [2.05, 4.69) is 10.6 Å². The van der Waals surface area contributed by atoms with E-state index < -0.39 is 12.0 Å². The third kappa shape index (κ3) is 3.83. The minimum atomic E-state index is -0.904. The molecule has 1 aromatic rings. The number of rotatable bonds is 4. The zero-order valence-electron chi connectivity index (χ0n) is 13.1. The predicted octanol–water partition coefficient (Wildman–Crippen LogP) is -0.249. The van der Waals surface area contributed by atoms with Gasteiger partial charge in [-0.05, 0) is 12.1 Å². The Morgan fingerprint density at radius 2 is 2.00 bits per heavy atom. The maximum absolute atomic E-state index is 12.0. The number of carbonyl (C=O) groups is 3. The average Bonchev–Trinajstić information content (AvgIpc) is 2.61. The number of hydrogen-bond donors (Lipinski definition) is 2. The Kier molecular flexibility index (Phi) is 4.95. The second-order valence-electron chi connectivity index (χ2n) is 5.57. The van der Waals surface area contributed by atoms with Gasteiger partial charge in [-0.15, -0.1) is 0 Å². The zero-order chi connectivity index (χ0) is 16.9. The lowest BCUT2D eigenvalue weighted by atomic mass is 10.1. The average molecular weight is 333 g/mol. The van der Waals surface area contributed by atoms with E-state index in [0.717, 1.165) is 0 Å². The summed E-state index contributed by atoms with van der Waals surface area (Å²) in [7, 11) is 0. The van der Waals surface area contributed by atoms with E-state index in [0.29, 0.717) is 37.7 Å². The molecule has 0 spiro atoms. The summed E-state index contributed by atoms with van der Waals surface area (Å²) in [5.41, 5.74) is 0.585. The fourth-order valence-electron chi connectivity index (χ4n) is 2.57. The van der Waals surface area contributed by atoms with Crippen LogP contribution in [0.2, 0.25) is 0 Å². The molecule has 0 radical (unpaired) electrons. The molecule has 1 aromatic carbocycles. The van der Waals surface area contributed by atoms with Gasteiger partial charge in [-0.1, -0.05) is 12.1 Å². The summed E-state index contributed by atoms with van der Waals surface area (Å²) in [6, 6.07) is 7.02. The van der Waals surface area contributed by atoms with E-state index in [-0.39, 0.29) is 24.8 Å². The normalized spacial score (nSPS) is 19.8. The molecule has 2 aliphatic rings. The minimum Gasteiger partial charge on any atom is -0.478 e. The van der Waals surface area contributed by atoms with E-state index in [4.69, 9.17) is 9.47 Å². The highest BCUT2D eigenvalue weighted by atomic mass is 16.5. The number of nitrogens with zero attached hydrogens (tertiary/aromatic N) is 1. The summed E-state index contributed by atoms with van der Waals surface area (Å²) in [4.78, 5) is 37.6. The molecule has 128 valence electrons. The van der Waals surface area contributed by atoms with Crippen molar-refractivity contribution in [3.8, 4) is 5.75 Å². The quantitative estimate of drug-likeness (QED) is 0.792. The molecule has 1 atom stereocenters. The van der Waals surface area contributed by atoms with Crippen LogP contribution in [0.15, 0.2) is 24.3 Å². The Morgan fingerprint density at radius 3 is 2.79 bits per heavy atom. The number of anilines is 1. The summed E-state index contributed by atoms with van der Waals surface area (Å²) < 4.78 is 10.7. The van der Waals surface area contributed by atoms with Crippen molar-refractivity contribution >= 4 is 23.4 Å². The van der Waals surface area contributed by atoms with Crippen molar-refractivity contribution in [2.75, 3.05) is 38.2 Å². The number of nitrogens with one attached hydrogen (secondary N) is 2. The smallest absolute Gasteiger partial charge is 0.266 e. The number of amides is 3. The monoisotopic (exact) mass is 333 g/mol. The Bertz CT molecular complexity index is 642. The van der Waals surface area contributed by atoms with Gasteiger partial charge in [0.1, 0.15) is 5.75 Å². The van der Waals surface area contributed by atoms with E-state index in [9.17, 15) is 14.4 Å². The van der Waals surface area contributed by atoms with Gasteiger partial charge in [0.25, 0.3) is 5.91 Å². The van der Waals surface area contributed by atoms with E-state index >= 15 is 0 Å². The number of fused-ring (bicyclic) bond motifs is 1. The van der Waals surface area contributed by atoms with E-state index in [1.54, 1.807) is 29.2 Å². The molecule has 1 fully saturated rings. The molecule has 24 heavy (non-hydrogen) atoms. The molecule has 0 aromatic heterocycles. The van der Waals surface area contributed by atoms with Crippen molar-refractivity contribution in [1.82, 2.24) is 10.2 Å². The first kappa shape index (κ1) is 16.3. The number of morpholine rings is 1. The van der Waals surface area contributed by atoms with Crippen molar-refractivity contribution in [3.63, 3.8) is 0 Å². The topological polar surface area (TPSA) is 97.0 Å². The van der Waals surface area contributed by atoms with E-state index in [1.165, 1.54) is 0 Å². The molecule has 2 N–H and O–H groups in total. The number of benzene rings is 1. The molecular formula is C16H19N3O5. The first-order valence-corrected chi connectivity index (χ1v) is 7.82. The second kappa shape index (κ2) is 7.31. The highest BCUT2D eigenvalue weighted by Crippen LogP contribution is 2.29. The van der Waals surface area contributed by atoms with E-state index in [1.807, 2.05) is 0 Å². The summed E-state index contributed by atoms with van der Waals surface area (Å²) in [5, 5.41) is 5.24. The van der Waals surface area contributed by atoms with Crippen LogP contribution in [0.4, 0.5) is 5.69 Å². The van der Waals surface area contributed by atoms with Crippen molar-refractivity contribution in [3.05, 3.63) is 24.3 Å². The third-order valence-corrected chi connectivity index (χ3v) is 3.88. The lowest BCUT2D eigenvalue weighted by molar-refractivity contribution is -0.137. The largest absolute Gasteiger partial charge is 0.478 e. The van der Waals surface area contributed by atoms with Crippen molar-refractivity contribution < 1.29 is 23.9 Å². The standard InChI is InChI=1S/C16H19N3O5/c20-14(17-10-15(21)19-5-7-23-8-6-19)9-13-16(22)18-11-3-1-2-4-12(11)24-13/h1-4,13H,5-10H2,(H,17,20)(H,18,22). The van der Waals surface area contributed by atoms with Crippen LogP contribution in [0, 0.1) is 0 Å². The minimum absolute atomic E-state index is 0.0935. The van der Waals surface area contributed by atoms with Gasteiger partial charge in [-0.3, -0.25) is 14.4 Å². The van der Waals surface area contributed by atoms with Gasteiger partial charge in [0.15, 0.2) is 6.10 Å². The Hall–Kier alpha value is -2.61. The number of carbonyl (C=O) groups excluding carboxylic acids is 3. The van der Waals surface area contributed by atoms with Crippen molar-refractivity contribution in [1.29, 1.82) is 0 Å². The van der Waals surface area contributed by atoms with Crippen LogP contribution in [0.3, 0.4) is 0 Å². The molecular weight excluding hydrogens is 314 g/mol. The molecule has 0 saturated carbocycles. The fourth-order valence-corrected chi connectivity index (χ4v) is 2.57. The number of hydrogen-bond acceptors (Lipinski definition) is 5. The molecule has 2 heterocycles. The zero-order valence-corrected chi connectivity index (χ0v) is 13.1. The SMILES string of the molecule is O=C(CC1Oc2ccccc2NC1=O)NCC(=O)N1CCOCC1. The van der Waals surface area contributed by atoms with Crippen LogP contribution in [-0.4, -0.2) is 61.6 Å². The highest BCUT2D eigenvalue weighted by Gasteiger charge is 2.29. The Balaban J connectivity index is 1.48. The van der Waals surface area contributed by atoms with Crippen LogP contribution < -0.4 is 15.4 Å². The summed E-state index contributed by atoms with van der Waals surface area (Å²) in [6.45, 7) is 1.98. The first-order valence-electron chi connectivity index (χ1n) is 7.82. The molecule has 8 nitrogen and oxygen atoms in total. The number of para-hydroxylation sites is 2. The van der Waals surface area contributed by atoms with Crippen LogP contribution in [-0.2, 0) is 19.1 Å². The molecule has 0 aliphatic carbocycles. The van der Waals surface area contributed by atoms with Gasteiger partial charge in [-0.2, -0.15) is 0 Å². The predicted molar refractivity (Wildman–Crippen MR) is 84.5 cm³/mol. The van der Waals surface area contributed by atoms with Gasteiger partial charge in [-0.25, -0.2) is 0 Å². The van der Waals surface area contributed by atoms with Crippen LogP contribution in [0.5, 0.6) is 5.75 Å². The molecule has 0 bridgehead atoms. The number of ether oxygens (including phenoxy) is 2. The lowest BCUT2D eigenvalue weighted by Crippen LogP contribution is -2.47. The fraction of sp³-hybridized carbons (Fsp3) is 0.438. The van der Waals surface area contributed by atoms with Crippen LogP contribution >= 0.6 is 0 Å². The second-order valence-corrected chi connectivity index (χ2v) is 5.57. The molecule has 2 aliphatic heterocycles. The molecule has 1 unspecified atom stereocenters. The maximum atomic E-state index is 12.0. The Labute approximate surface area is 139 Å². The van der Waals surface area contributed by atoms with Crippen molar-refractivity contribution in [2.24, 2.45) is 0 Å². The molecule has 3 rings (SSSR count). The summed E-state index contributed by atoms with van der Waals surface area (Å²) >= 11 is 0. The summed E-state index contributed by atoms with van der Waals surface area (Å²) in [5.74, 6) is -0.412. The maximum Gasteiger partial charge on any atom is 0.266 e. The van der Waals surface area contributed by atoms with Crippen molar-refractivity contribution in [2.45, 2.75) is 12.5 Å². The molecule has 1 saturated heterocycles. The van der Waals surface area contributed by atoms with Gasteiger partial charge in [0, 0.05) is 13.1 Å². The lowest BCUT2D eigenvalue weighted by Gasteiger charge is -2.27. The van der Waals surface area contributed by atoms with Crippen LogP contribution in [0.25, 0.3) is 0 Å². The highest BCUT2D eigenvalue weighted by molar-refractivity contribution is 6.00. The molecule has 8 heteroatoms.